The van der Waals surface area contributed by atoms with Crippen molar-refractivity contribution in [2.75, 3.05) is 6.54 Å². The first-order valence-electron chi connectivity index (χ1n) is 8.21. The maximum atomic E-state index is 10.6. The number of nitrogens with one attached hydrogen (secondary N) is 1. The highest BCUT2D eigenvalue weighted by Gasteiger charge is 2.14. The fraction of sp³-hybridized carbons (Fsp3) is 0.294. The molecule has 29 heavy (non-hydrogen) atoms. The molecule has 0 aliphatic carbocycles. The van der Waals surface area contributed by atoms with Gasteiger partial charge in [0.15, 0.2) is 0 Å². The van der Waals surface area contributed by atoms with Gasteiger partial charge < -0.3 is 43.2 Å². The predicted octanol–water partition coefficient (Wildman–Crippen LogP) is -1.57. The van der Waals surface area contributed by atoms with Crippen LogP contribution in [0.4, 0.5) is 0 Å². The number of primary amides is 1. The van der Waals surface area contributed by atoms with E-state index in [1.165, 1.54) is 0 Å². The summed E-state index contributed by atoms with van der Waals surface area (Å²) in [5.74, 6) is -3.86. The number of rotatable bonds is 7. The highest BCUT2D eigenvalue weighted by atomic mass is 16.4. The number of fused-ring (bicyclic) bond motifs is 1. The molecule has 0 aliphatic rings. The van der Waals surface area contributed by atoms with E-state index >= 15 is 0 Å². The number of hydrogen-bond donors (Lipinski definition) is 8. The highest BCUT2D eigenvalue weighted by molar-refractivity contribution is 5.84. The van der Waals surface area contributed by atoms with Crippen LogP contribution >= 0.6 is 0 Å². The quantitative estimate of drug-likeness (QED) is 0.259. The first-order chi connectivity index (χ1) is 13.5. The number of carbonyl (C=O) groups is 4. The number of H-pyrrole nitrogens is 1. The van der Waals surface area contributed by atoms with Crippen LogP contribution in [0.15, 0.2) is 30.5 Å². The van der Waals surface area contributed by atoms with Crippen LogP contribution in [0.1, 0.15) is 12.0 Å². The topological polar surface area (TPSA) is 249 Å². The third-order valence-corrected chi connectivity index (χ3v) is 3.34. The fourth-order valence-electron chi connectivity index (χ4n) is 1.93. The zero-order valence-electron chi connectivity index (χ0n) is 15.4. The van der Waals surface area contributed by atoms with Crippen molar-refractivity contribution in [3.8, 4) is 0 Å². The fourth-order valence-corrected chi connectivity index (χ4v) is 1.93. The summed E-state index contributed by atoms with van der Waals surface area (Å²) >= 11 is 0. The molecule has 0 saturated carbocycles. The molecular formula is C17H25N5O7. The van der Waals surface area contributed by atoms with Gasteiger partial charge >= 0.3 is 17.9 Å². The minimum Gasteiger partial charge on any atom is -0.480 e. The number of benzene rings is 1. The molecule has 0 aliphatic heterocycles. The van der Waals surface area contributed by atoms with E-state index in [9.17, 15) is 19.2 Å². The summed E-state index contributed by atoms with van der Waals surface area (Å²) in [4.78, 5) is 42.8. The van der Waals surface area contributed by atoms with Crippen molar-refractivity contribution in [1.82, 2.24) is 4.98 Å². The zero-order chi connectivity index (χ0) is 22.6. The van der Waals surface area contributed by atoms with E-state index in [2.05, 4.69) is 16.5 Å². The largest absolute Gasteiger partial charge is 0.480 e. The number of hydrogen-bond acceptors (Lipinski definition) is 7. The van der Waals surface area contributed by atoms with Crippen LogP contribution in [0.2, 0.25) is 0 Å². The highest BCUT2D eigenvalue weighted by Crippen LogP contribution is 2.18. The smallest absolute Gasteiger partial charge is 0.321 e. The normalized spacial score (nSPS) is 11.8. The van der Waals surface area contributed by atoms with E-state index in [0.29, 0.717) is 6.42 Å². The van der Waals surface area contributed by atoms with Crippen molar-refractivity contribution in [3.05, 3.63) is 36.0 Å². The standard InChI is InChI=1S/C11H12N2O2.C4H8N2O3.C2H5NO2/c12-9(11(14)15)5-7-6-13-10-4-2-1-3-8(7)10;5-2(4(8)9)1-3(6)7;3-1-2(4)5/h1-4,6,9,13H,5,12H2,(H,14,15);2H,1,5H2,(H2,6,7)(H,8,9);1,3H2,(H,4,5)/t9-;2-;/m00./s1. The summed E-state index contributed by atoms with van der Waals surface area (Å²) in [6.45, 7) is -0.278. The average molecular weight is 411 g/mol. The van der Waals surface area contributed by atoms with Crippen molar-refractivity contribution in [2.24, 2.45) is 22.9 Å². The number of nitrogens with two attached hydrogens (primary N) is 4. The van der Waals surface area contributed by atoms with Crippen LogP contribution in [-0.2, 0) is 25.6 Å². The molecule has 1 aromatic heterocycles. The van der Waals surface area contributed by atoms with E-state index in [4.69, 9.17) is 26.8 Å². The van der Waals surface area contributed by atoms with Gasteiger partial charge in [0, 0.05) is 23.5 Å². The minimum absolute atomic E-state index is 0.278. The van der Waals surface area contributed by atoms with Crippen molar-refractivity contribution in [1.29, 1.82) is 0 Å². The maximum absolute atomic E-state index is 10.6. The van der Waals surface area contributed by atoms with Crippen LogP contribution in [0.3, 0.4) is 0 Å². The molecule has 0 radical (unpaired) electrons. The summed E-state index contributed by atoms with van der Waals surface area (Å²) < 4.78 is 0. The van der Waals surface area contributed by atoms with Gasteiger partial charge in [-0.25, -0.2) is 0 Å². The molecule has 0 spiro atoms. The number of aromatic amines is 1. The lowest BCUT2D eigenvalue weighted by Gasteiger charge is -2.04. The van der Waals surface area contributed by atoms with Crippen molar-refractivity contribution >= 4 is 34.7 Å². The molecular weight excluding hydrogens is 386 g/mol. The Kier molecular flexibility index (Phi) is 11.3. The Morgan fingerprint density at radius 1 is 0.966 bits per heavy atom. The van der Waals surface area contributed by atoms with E-state index < -0.39 is 35.9 Å². The molecule has 12 heteroatoms. The Hall–Kier alpha value is -3.48. The molecule has 1 heterocycles. The first-order valence-corrected chi connectivity index (χ1v) is 8.21. The SMILES string of the molecule is NC(=O)C[C@H](N)C(=O)O.NCC(=O)O.N[C@@H](Cc1c[nH]c2ccccc12)C(=O)O. The number of carbonyl (C=O) groups excluding carboxylic acids is 1. The Morgan fingerprint density at radius 3 is 1.90 bits per heavy atom. The summed E-state index contributed by atoms with van der Waals surface area (Å²) in [5.41, 5.74) is 21.6. The molecule has 0 unspecified atom stereocenters. The Bertz CT molecular complexity index is 836. The van der Waals surface area contributed by atoms with Crippen molar-refractivity contribution in [2.45, 2.75) is 24.9 Å². The van der Waals surface area contributed by atoms with Crippen LogP contribution in [0, 0.1) is 0 Å². The summed E-state index contributed by atoms with van der Waals surface area (Å²) in [5, 5.41) is 25.4. The number of aromatic nitrogens is 1. The molecule has 2 atom stereocenters. The third kappa shape index (κ3) is 10.4. The molecule has 1 amide bonds. The number of para-hydroxylation sites is 1. The van der Waals surface area contributed by atoms with Gasteiger partial charge in [0.25, 0.3) is 0 Å². The number of amides is 1. The lowest BCUT2D eigenvalue weighted by molar-refractivity contribution is -0.140. The molecule has 2 rings (SSSR count). The van der Waals surface area contributed by atoms with E-state index in [0.717, 1.165) is 16.5 Å². The number of carboxylic acid groups (broad SMARTS) is 3. The molecule has 2 aromatic rings. The number of aliphatic carboxylic acids is 3. The summed E-state index contributed by atoms with van der Waals surface area (Å²) in [6, 6.07) is 5.75. The lowest BCUT2D eigenvalue weighted by atomic mass is 10.1. The van der Waals surface area contributed by atoms with E-state index in [1.807, 2.05) is 30.5 Å². The third-order valence-electron chi connectivity index (χ3n) is 3.34. The lowest BCUT2D eigenvalue weighted by Crippen LogP contribution is -2.34. The van der Waals surface area contributed by atoms with Crippen molar-refractivity contribution < 1.29 is 34.5 Å². The van der Waals surface area contributed by atoms with Gasteiger partial charge in [-0.3, -0.25) is 19.2 Å². The Balaban J connectivity index is 0.000000479. The van der Waals surface area contributed by atoms with Gasteiger partial charge in [-0.15, -0.1) is 0 Å². The first kappa shape index (κ1) is 25.5. The molecule has 0 bridgehead atoms. The second kappa shape index (κ2) is 12.8. The van der Waals surface area contributed by atoms with E-state index in [1.54, 1.807) is 0 Å². The van der Waals surface area contributed by atoms with Crippen LogP contribution < -0.4 is 22.9 Å². The monoisotopic (exact) mass is 411 g/mol. The van der Waals surface area contributed by atoms with Gasteiger partial charge in [-0.1, -0.05) is 18.2 Å². The molecule has 12 nitrogen and oxygen atoms in total. The Labute approximate surface area is 165 Å². The Morgan fingerprint density at radius 2 is 1.48 bits per heavy atom. The zero-order valence-corrected chi connectivity index (χ0v) is 15.4. The van der Waals surface area contributed by atoms with Gasteiger partial charge in [-0.2, -0.15) is 0 Å². The second-order valence-electron chi connectivity index (χ2n) is 5.72. The summed E-state index contributed by atoms with van der Waals surface area (Å²) in [6.07, 6.45) is 1.85. The summed E-state index contributed by atoms with van der Waals surface area (Å²) in [7, 11) is 0. The average Bonchev–Trinajstić information content (AvgIpc) is 3.05. The molecule has 0 fully saturated rings. The predicted molar refractivity (Wildman–Crippen MR) is 104 cm³/mol. The van der Waals surface area contributed by atoms with Crippen LogP contribution in [0.25, 0.3) is 10.9 Å². The van der Waals surface area contributed by atoms with Gasteiger partial charge in [0.2, 0.25) is 5.91 Å². The molecule has 160 valence electrons. The van der Waals surface area contributed by atoms with Gasteiger partial charge in [0.1, 0.15) is 12.1 Å². The van der Waals surface area contributed by atoms with Crippen LogP contribution in [-0.4, -0.2) is 62.7 Å². The van der Waals surface area contributed by atoms with Crippen LogP contribution in [0.5, 0.6) is 0 Å². The maximum Gasteiger partial charge on any atom is 0.321 e. The van der Waals surface area contributed by atoms with Gasteiger partial charge in [-0.05, 0) is 11.6 Å². The second-order valence-corrected chi connectivity index (χ2v) is 5.72. The van der Waals surface area contributed by atoms with E-state index in [-0.39, 0.29) is 13.0 Å². The minimum atomic E-state index is -1.21. The molecule has 12 N–H and O–H groups in total. The number of carboxylic acids is 3. The van der Waals surface area contributed by atoms with Gasteiger partial charge in [0.05, 0.1) is 13.0 Å². The van der Waals surface area contributed by atoms with Crippen molar-refractivity contribution in [3.63, 3.8) is 0 Å². The molecule has 0 saturated heterocycles. The molecule has 1 aromatic carbocycles.